The number of hydrogen-bond donors (Lipinski definition) is 1. The first-order valence-corrected chi connectivity index (χ1v) is 11.4. The normalized spacial score (nSPS) is 14.8. The summed E-state index contributed by atoms with van der Waals surface area (Å²) < 4.78 is 25.6. The molecule has 0 spiro atoms. The van der Waals surface area contributed by atoms with Crippen LogP contribution in [0.3, 0.4) is 0 Å². The first kappa shape index (κ1) is 23.5. The molecule has 0 bridgehead atoms. The minimum Gasteiger partial charge on any atom is -0.490 e. The third-order valence-corrected chi connectivity index (χ3v) is 6.38. The Bertz CT molecular complexity index is 1060. The second-order valence-electron chi connectivity index (χ2n) is 6.35. The van der Waals surface area contributed by atoms with Crippen LogP contribution in [0.2, 0.25) is 0 Å². The van der Waals surface area contributed by atoms with Gasteiger partial charge in [-0.05, 0) is 77.6 Å². The van der Waals surface area contributed by atoms with Crippen molar-refractivity contribution in [1.82, 2.24) is 4.90 Å². The van der Waals surface area contributed by atoms with Crippen LogP contribution in [-0.2, 0) is 9.59 Å². The fourth-order valence-corrected chi connectivity index (χ4v) is 4.60. The van der Waals surface area contributed by atoms with E-state index in [2.05, 4.69) is 27.9 Å². The van der Waals surface area contributed by atoms with E-state index in [1.807, 2.05) is 13.0 Å². The summed E-state index contributed by atoms with van der Waals surface area (Å²) in [5.74, 6) is -0.0354. The summed E-state index contributed by atoms with van der Waals surface area (Å²) in [7, 11) is 1.64. The van der Waals surface area contributed by atoms with E-state index >= 15 is 0 Å². The maximum atomic E-state index is 13.0. The van der Waals surface area contributed by atoms with E-state index in [9.17, 15) is 14.0 Å². The van der Waals surface area contributed by atoms with Crippen molar-refractivity contribution in [1.29, 1.82) is 0 Å². The van der Waals surface area contributed by atoms with Crippen molar-refractivity contribution in [3.8, 4) is 11.5 Å². The van der Waals surface area contributed by atoms with E-state index in [4.69, 9.17) is 21.7 Å². The predicted molar refractivity (Wildman–Crippen MR) is 132 cm³/mol. The summed E-state index contributed by atoms with van der Waals surface area (Å²) in [4.78, 5) is 26.4. The topological polar surface area (TPSA) is 67.9 Å². The number of carbonyl (C=O) groups excluding carboxylic acids is 2. The lowest BCUT2D eigenvalue weighted by atomic mass is 10.2. The molecule has 0 aliphatic carbocycles. The third kappa shape index (κ3) is 5.95. The van der Waals surface area contributed by atoms with Gasteiger partial charge in [0.2, 0.25) is 0 Å². The number of thioether (sulfide) groups is 1. The molecule has 162 valence electrons. The zero-order valence-corrected chi connectivity index (χ0v) is 20.4. The first-order valence-electron chi connectivity index (χ1n) is 9.14. The van der Waals surface area contributed by atoms with Gasteiger partial charge in [-0.1, -0.05) is 24.0 Å². The number of nitrogens with one attached hydrogen (secondary N) is 1. The van der Waals surface area contributed by atoms with Gasteiger partial charge in [0.1, 0.15) is 10.1 Å². The summed E-state index contributed by atoms with van der Waals surface area (Å²) in [6, 6.07) is 9.04. The van der Waals surface area contributed by atoms with E-state index in [0.717, 1.165) is 9.13 Å². The Morgan fingerprint density at radius 1 is 1.29 bits per heavy atom. The van der Waals surface area contributed by atoms with Crippen molar-refractivity contribution >= 4 is 74.5 Å². The predicted octanol–water partition coefficient (Wildman–Crippen LogP) is 4.68. The molecule has 2 aromatic rings. The quantitative estimate of drug-likeness (QED) is 0.296. The second kappa shape index (κ2) is 10.4. The number of rotatable bonds is 7. The lowest BCUT2D eigenvalue weighted by molar-refractivity contribution is -0.121. The lowest BCUT2D eigenvalue weighted by Gasteiger charge is -2.15. The molecule has 0 saturated carbocycles. The van der Waals surface area contributed by atoms with Gasteiger partial charge < -0.3 is 14.8 Å². The van der Waals surface area contributed by atoms with Crippen LogP contribution in [0.4, 0.5) is 10.1 Å². The molecular weight excluding hydrogens is 554 g/mol. The smallest absolute Gasteiger partial charge is 0.265 e. The number of halogens is 2. The van der Waals surface area contributed by atoms with Crippen LogP contribution in [0.25, 0.3) is 6.08 Å². The fraction of sp³-hybridized carbons (Fsp3) is 0.190. The van der Waals surface area contributed by atoms with Gasteiger partial charge in [0.05, 0.1) is 15.1 Å². The number of hydrogen-bond acceptors (Lipinski definition) is 6. The van der Waals surface area contributed by atoms with E-state index in [-0.39, 0.29) is 24.2 Å². The summed E-state index contributed by atoms with van der Waals surface area (Å²) in [6.45, 7) is 1.99. The Balaban J connectivity index is 1.76. The molecule has 1 fully saturated rings. The Kier molecular flexibility index (Phi) is 7.89. The van der Waals surface area contributed by atoms with Gasteiger partial charge in [0.15, 0.2) is 18.1 Å². The number of thiocarbonyl (C=S) groups is 1. The molecule has 1 aliphatic heterocycles. The number of anilines is 1. The van der Waals surface area contributed by atoms with Crippen molar-refractivity contribution in [2.75, 3.05) is 25.6 Å². The molecule has 0 unspecified atom stereocenters. The van der Waals surface area contributed by atoms with Gasteiger partial charge in [-0.2, -0.15) is 0 Å². The third-order valence-electron chi connectivity index (χ3n) is 4.09. The van der Waals surface area contributed by atoms with Crippen LogP contribution in [0, 0.1) is 9.39 Å². The van der Waals surface area contributed by atoms with Crippen molar-refractivity contribution < 1.29 is 23.5 Å². The van der Waals surface area contributed by atoms with Crippen LogP contribution in [0.5, 0.6) is 11.5 Å². The van der Waals surface area contributed by atoms with E-state index in [1.165, 1.54) is 40.9 Å². The SMILES string of the molecule is CCOc1cc(/C=C2\SC(=S)N(C)C2=O)cc(I)c1OCC(=O)Nc1ccc(F)cc1. The molecular formula is C21H18FIN2O4S2. The fourth-order valence-electron chi connectivity index (χ4n) is 2.64. The molecule has 0 aromatic heterocycles. The average Bonchev–Trinajstić information content (AvgIpc) is 2.96. The van der Waals surface area contributed by atoms with Gasteiger partial charge in [-0.3, -0.25) is 14.5 Å². The number of ether oxygens (including phenoxy) is 2. The van der Waals surface area contributed by atoms with Crippen LogP contribution >= 0.6 is 46.6 Å². The molecule has 3 rings (SSSR count). The van der Waals surface area contributed by atoms with E-state index < -0.39 is 0 Å². The summed E-state index contributed by atoms with van der Waals surface area (Å²) in [5.41, 5.74) is 1.23. The van der Waals surface area contributed by atoms with Crippen LogP contribution in [0.1, 0.15) is 12.5 Å². The highest BCUT2D eigenvalue weighted by Crippen LogP contribution is 2.37. The van der Waals surface area contributed by atoms with Crippen LogP contribution in [-0.4, -0.2) is 41.3 Å². The highest BCUT2D eigenvalue weighted by atomic mass is 127. The average molecular weight is 572 g/mol. The molecule has 1 heterocycles. The van der Waals surface area contributed by atoms with Crippen LogP contribution < -0.4 is 14.8 Å². The summed E-state index contributed by atoms with van der Waals surface area (Å²) in [5, 5.41) is 2.64. The monoisotopic (exact) mass is 572 g/mol. The zero-order valence-electron chi connectivity index (χ0n) is 16.6. The van der Waals surface area contributed by atoms with Gasteiger partial charge in [-0.15, -0.1) is 0 Å². The van der Waals surface area contributed by atoms with Crippen molar-refractivity contribution in [2.45, 2.75) is 6.92 Å². The number of nitrogens with zero attached hydrogens (tertiary/aromatic N) is 1. The Morgan fingerprint density at radius 2 is 2.00 bits per heavy atom. The lowest BCUT2D eigenvalue weighted by Crippen LogP contribution is -2.22. The molecule has 1 N–H and O–H groups in total. The molecule has 10 heteroatoms. The molecule has 6 nitrogen and oxygen atoms in total. The van der Waals surface area contributed by atoms with E-state index in [1.54, 1.807) is 19.2 Å². The Morgan fingerprint density at radius 3 is 2.61 bits per heavy atom. The van der Waals surface area contributed by atoms with E-state index in [0.29, 0.717) is 33.0 Å². The van der Waals surface area contributed by atoms with Crippen molar-refractivity contribution in [3.63, 3.8) is 0 Å². The Labute approximate surface area is 202 Å². The molecule has 1 saturated heterocycles. The van der Waals surface area contributed by atoms with Crippen molar-refractivity contribution in [2.24, 2.45) is 0 Å². The number of carbonyl (C=O) groups is 2. The largest absolute Gasteiger partial charge is 0.490 e. The van der Waals surface area contributed by atoms with Gasteiger partial charge in [-0.25, -0.2) is 4.39 Å². The molecule has 0 radical (unpaired) electrons. The zero-order chi connectivity index (χ0) is 22.5. The summed E-state index contributed by atoms with van der Waals surface area (Å²) in [6.07, 6.45) is 1.75. The van der Waals surface area contributed by atoms with Crippen LogP contribution in [0.15, 0.2) is 41.3 Å². The maximum Gasteiger partial charge on any atom is 0.265 e. The minimum atomic E-state index is -0.388. The number of likely N-dealkylation sites (N-methyl/N-ethyl adjacent to an activating group) is 1. The molecule has 1 aliphatic rings. The highest BCUT2D eigenvalue weighted by Gasteiger charge is 2.28. The molecule has 2 amide bonds. The second-order valence-corrected chi connectivity index (χ2v) is 9.19. The van der Waals surface area contributed by atoms with Gasteiger partial charge in [0, 0.05) is 12.7 Å². The molecule has 2 aromatic carbocycles. The standard InChI is InChI=1S/C21H18FIN2O4S2/c1-3-28-16-9-12(10-17-20(27)25(2)21(30)31-17)8-15(23)19(16)29-11-18(26)24-14-6-4-13(22)5-7-14/h4-10H,3,11H2,1-2H3,(H,24,26)/b17-10-. The Hall–Kier alpha value is -2.18. The first-order chi connectivity index (χ1) is 14.8. The maximum absolute atomic E-state index is 13.0. The molecule has 0 atom stereocenters. The number of amides is 2. The van der Waals surface area contributed by atoms with Gasteiger partial charge >= 0.3 is 0 Å². The van der Waals surface area contributed by atoms with Crippen molar-refractivity contribution in [3.05, 3.63) is 56.3 Å². The van der Waals surface area contributed by atoms with Gasteiger partial charge in [0.25, 0.3) is 11.8 Å². The highest BCUT2D eigenvalue weighted by molar-refractivity contribution is 14.1. The number of benzene rings is 2. The molecule has 31 heavy (non-hydrogen) atoms. The summed E-state index contributed by atoms with van der Waals surface area (Å²) >= 11 is 8.49. The minimum absolute atomic E-state index is 0.152.